The maximum Gasteiger partial charge on any atom is 0.264 e. The van der Waals surface area contributed by atoms with Gasteiger partial charge in [-0.15, -0.1) is 11.3 Å². The van der Waals surface area contributed by atoms with E-state index in [1.807, 2.05) is 41.8 Å². The Bertz CT molecular complexity index is 579. The lowest BCUT2D eigenvalue weighted by Crippen LogP contribution is -2.29. The summed E-state index contributed by atoms with van der Waals surface area (Å²) in [4.78, 5) is 15.0. The Morgan fingerprint density at radius 3 is 2.74 bits per heavy atom. The number of nitrogens with zero attached hydrogens (tertiary/aromatic N) is 1. The predicted molar refractivity (Wildman–Crippen MR) is 76.3 cm³/mol. The van der Waals surface area contributed by atoms with Gasteiger partial charge in [-0.25, -0.2) is 0 Å². The molecule has 1 aliphatic heterocycles. The lowest BCUT2D eigenvalue weighted by atomic mass is 10.1. The monoisotopic (exact) mass is 273 g/mol. The minimum Gasteiger partial charge on any atom is -0.391 e. The van der Waals surface area contributed by atoms with Gasteiger partial charge in [0.15, 0.2) is 0 Å². The third-order valence-corrected chi connectivity index (χ3v) is 4.30. The van der Waals surface area contributed by atoms with Crippen LogP contribution < -0.4 is 0 Å². The van der Waals surface area contributed by atoms with E-state index in [4.69, 9.17) is 0 Å². The number of benzene rings is 1. The molecule has 1 fully saturated rings. The van der Waals surface area contributed by atoms with Crippen molar-refractivity contribution in [3.63, 3.8) is 0 Å². The van der Waals surface area contributed by atoms with Gasteiger partial charge >= 0.3 is 0 Å². The molecule has 3 rings (SSSR count). The predicted octanol–water partition coefficient (Wildman–Crippen LogP) is 2.62. The first kappa shape index (κ1) is 12.4. The highest BCUT2D eigenvalue weighted by Crippen LogP contribution is 2.30. The molecule has 1 aliphatic rings. The molecule has 1 amide bonds. The van der Waals surface area contributed by atoms with Crippen molar-refractivity contribution in [2.24, 2.45) is 0 Å². The number of thiophene rings is 1. The molecule has 1 aromatic heterocycles. The molecule has 1 saturated heterocycles. The Hall–Kier alpha value is -1.65. The maximum absolute atomic E-state index is 12.5. The van der Waals surface area contributed by atoms with Gasteiger partial charge in [-0.05, 0) is 23.4 Å². The SMILES string of the molecule is O=C(c1sccc1-c1ccccc1)N1CC[C@H](O)C1. The highest BCUT2D eigenvalue weighted by molar-refractivity contribution is 7.12. The molecule has 0 saturated carbocycles. The second-order valence-corrected chi connectivity index (χ2v) is 5.64. The number of hydrogen-bond donors (Lipinski definition) is 1. The van der Waals surface area contributed by atoms with E-state index in [-0.39, 0.29) is 12.0 Å². The number of rotatable bonds is 2. The third kappa shape index (κ3) is 2.41. The molecule has 98 valence electrons. The Labute approximate surface area is 116 Å². The first-order chi connectivity index (χ1) is 9.25. The summed E-state index contributed by atoms with van der Waals surface area (Å²) in [6, 6.07) is 11.9. The number of amides is 1. The van der Waals surface area contributed by atoms with Crippen molar-refractivity contribution in [1.82, 2.24) is 4.90 Å². The van der Waals surface area contributed by atoms with Crippen LogP contribution in [0.15, 0.2) is 41.8 Å². The molecule has 2 heterocycles. The molecule has 19 heavy (non-hydrogen) atoms. The van der Waals surface area contributed by atoms with Crippen LogP contribution in [0, 0.1) is 0 Å². The highest BCUT2D eigenvalue weighted by atomic mass is 32.1. The van der Waals surface area contributed by atoms with Crippen LogP contribution in [0.5, 0.6) is 0 Å². The van der Waals surface area contributed by atoms with Crippen LogP contribution in [0.25, 0.3) is 11.1 Å². The highest BCUT2D eigenvalue weighted by Gasteiger charge is 2.27. The number of β-amino-alcohol motifs (C(OH)–C–C–N with tert-alkyl or cyclic N) is 1. The first-order valence-electron chi connectivity index (χ1n) is 6.36. The zero-order chi connectivity index (χ0) is 13.2. The van der Waals surface area contributed by atoms with E-state index in [0.29, 0.717) is 19.5 Å². The summed E-state index contributed by atoms with van der Waals surface area (Å²) in [5.74, 6) is 0.0328. The smallest absolute Gasteiger partial charge is 0.264 e. The van der Waals surface area contributed by atoms with Crippen LogP contribution in [-0.2, 0) is 0 Å². The zero-order valence-electron chi connectivity index (χ0n) is 10.5. The van der Waals surface area contributed by atoms with E-state index in [1.54, 1.807) is 4.90 Å². The van der Waals surface area contributed by atoms with Crippen LogP contribution >= 0.6 is 11.3 Å². The average Bonchev–Trinajstić information content (AvgIpc) is 3.07. The van der Waals surface area contributed by atoms with Crippen molar-refractivity contribution in [3.05, 3.63) is 46.7 Å². The minimum atomic E-state index is -0.371. The van der Waals surface area contributed by atoms with Crippen molar-refractivity contribution in [2.45, 2.75) is 12.5 Å². The molecule has 1 N–H and O–H groups in total. The summed E-state index contributed by atoms with van der Waals surface area (Å²) in [5, 5.41) is 11.5. The largest absolute Gasteiger partial charge is 0.391 e. The minimum absolute atomic E-state index is 0.0328. The lowest BCUT2D eigenvalue weighted by molar-refractivity contribution is 0.0770. The van der Waals surface area contributed by atoms with Crippen LogP contribution in [0.2, 0.25) is 0 Å². The van der Waals surface area contributed by atoms with Crippen LogP contribution in [-0.4, -0.2) is 35.1 Å². The Morgan fingerprint density at radius 1 is 1.26 bits per heavy atom. The van der Waals surface area contributed by atoms with Crippen molar-refractivity contribution < 1.29 is 9.90 Å². The molecular weight excluding hydrogens is 258 g/mol. The molecule has 4 heteroatoms. The number of likely N-dealkylation sites (tertiary alicyclic amines) is 1. The molecular formula is C15H15NO2S. The molecule has 0 spiro atoms. The van der Waals surface area contributed by atoms with E-state index < -0.39 is 0 Å². The van der Waals surface area contributed by atoms with Crippen molar-refractivity contribution >= 4 is 17.2 Å². The van der Waals surface area contributed by atoms with E-state index in [1.165, 1.54) is 11.3 Å². The van der Waals surface area contributed by atoms with Gasteiger partial charge in [0.25, 0.3) is 5.91 Å². The van der Waals surface area contributed by atoms with Gasteiger partial charge in [-0.2, -0.15) is 0 Å². The van der Waals surface area contributed by atoms with Crippen LogP contribution in [0.4, 0.5) is 0 Å². The van der Waals surface area contributed by atoms with Crippen LogP contribution in [0.3, 0.4) is 0 Å². The maximum atomic E-state index is 12.5. The van der Waals surface area contributed by atoms with E-state index in [0.717, 1.165) is 16.0 Å². The molecule has 0 bridgehead atoms. The average molecular weight is 273 g/mol. The standard InChI is InChI=1S/C15H15NO2S/c17-12-6-8-16(10-12)15(18)14-13(7-9-19-14)11-4-2-1-3-5-11/h1-5,7,9,12,17H,6,8,10H2/t12-/m0/s1. The van der Waals surface area contributed by atoms with Crippen molar-refractivity contribution in [3.8, 4) is 11.1 Å². The number of hydrogen-bond acceptors (Lipinski definition) is 3. The fourth-order valence-electron chi connectivity index (χ4n) is 2.39. The summed E-state index contributed by atoms with van der Waals surface area (Å²) in [6.45, 7) is 1.09. The van der Waals surface area contributed by atoms with Gasteiger partial charge in [-0.1, -0.05) is 30.3 Å². The summed E-state index contributed by atoms with van der Waals surface area (Å²) < 4.78 is 0. The zero-order valence-corrected chi connectivity index (χ0v) is 11.3. The summed E-state index contributed by atoms with van der Waals surface area (Å²) in [5.41, 5.74) is 2.05. The molecule has 1 atom stereocenters. The van der Waals surface area contributed by atoms with Gasteiger partial charge in [0.1, 0.15) is 0 Å². The molecule has 2 aromatic rings. The van der Waals surface area contributed by atoms with Gasteiger partial charge in [0.05, 0.1) is 11.0 Å². The fourth-order valence-corrected chi connectivity index (χ4v) is 3.27. The van der Waals surface area contributed by atoms with Gasteiger partial charge < -0.3 is 10.0 Å². The lowest BCUT2D eigenvalue weighted by Gasteiger charge is -2.15. The summed E-state index contributed by atoms with van der Waals surface area (Å²) in [6.07, 6.45) is 0.307. The Morgan fingerprint density at radius 2 is 2.05 bits per heavy atom. The van der Waals surface area contributed by atoms with Crippen LogP contribution in [0.1, 0.15) is 16.1 Å². The van der Waals surface area contributed by atoms with E-state index in [2.05, 4.69) is 0 Å². The van der Waals surface area contributed by atoms with Crippen molar-refractivity contribution in [2.75, 3.05) is 13.1 Å². The topological polar surface area (TPSA) is 40.5 Å². The summed E-state index contributed by atoms with van der Waals surface area (Å²) >= 11 is 1.47. The first-order valence-corrected chi connectivity index (χ1v) is 7.24. The number of aliphatic hydroxyl groups is 1. The number of aliphatic hydroxyl groups excluding tert-OH is 1. The second-order valence-electron chi connectivity index (χ2n) is 4.72. The van der Waals surface area contributed by atoms with Crippen molar-refractivity contribution in [1.29, 1.82) is 0 Å². The van der Waals surface area contributed by atoms with Gasteiger partial charge in [0, 0.05) is 18.7 Å². The number of carbonyl (C=O) groups excluding carboxylic acids is 1. The van der Waals surface area contributed by atoms with E-state index >= 15 is 0 Å². The molecule has 0 aliphatic carbocycles. The second kappa shape index (κ2) is 5.15. The normalized spacial score (nSPS) is 18.8. The summed E-state index contributed by atoms with van der Waals surface area (Å²) in [7, 11) is 0. The molecule has 3 nitrogen and oxygen atoms in total. The third-order valence-electron chi connectivity index (χ3n) is 3.39. The fraction of sp³-hybridized carbons (Fsp3) is 0.267. The number of carbonyl (C=O) groups is 1. The quantitative estimate of drug-likeness (QED) is 0.913. The van der Waals surface area contributed by atoms with Gasteiger partial charge in [-0.3, -0.25) is 4.79 Å². The molecule has 0 unspecified atom stereocenters. The van der Waals surface area contributed by atoms with Gasteiger partial charge in [0.2, 0.25) is 0 Å². The Kier molecular flexibility index (Phi) is 3.36. The Balaban J connectivity index is 1.90. The molecule has 1 aromatic carbocycles. The molecule has 0 radical (unpaired) electrons. The van der Waals surface area contributed by atoms with E-state index in [9.17, 15) is 9.90 Å².